The van der Waals surface area contributed by atoms with Crippen molar-refractivity contribution < 1.29 is 13.2 Å². The van der Waals surface area contributed by atoms with Gasteiger partial charge in [-0.25, -0.2) is 9.50 Å². The van der Waals surface area contributed by atoms with Gasteiger partial charge >= 0.3 is 6.18 Å². The minimum absolute atomic E-state index is 0.341. The summed E-state index contributed by atoms with van der Waals surface area (Å²) in [4.78, 5) is 4.10. The zero-order chi connectivity index (χ0) is 15.5. The number of alkyl halides is 3. The van der Waals surface area contributed by atoms with Gasteiger partial charge in [0.2, 0.25) is 0 Å². The van der Waals surface area contributed by atoms with Gasteiger partial charge in [0, 0.05) is 25.0 Å². The van der Waals surface area contributed by atoms with Crippen molar-refractivity contribution >= 4 is 11.3 Å². The Kier molecular flexibility index (Phi) is 4.69. The maximum atomic E-state index is 12.7. The number of unbranched alkanes of at least 4 members (excludes halogenated alkanes) is 1. The number of anilines is 1. The lowest BCUT2D eigenvalue weighted by molar-refractivity contribution is -0.141. The van der Waals surface area contributed by atoms with Gasteiger partial charge in [0.05, 0.1) is 0 Å². The molecule has 0 spiro atoms. The molecule has 0 bridgehead atoms. The Morgan fingerprint density at radius 1 is 1.29 bits per heavy atom. The van der Waals surface area contributed by atoms with E-state index in [4.69, 9.17) is 0 Å². The van der Waals surface area contributed by atoms with Gasteiger partial charge in [-0.2, -0.15) is 18.3 Å². The van der Waals surface area contributed by atoms with Crippen LogP contribution < -0.4 is 5.32 Å². The lowest BCUT2D eigenvalue weighted by Gasteiger charge is -2.07. The van der Waals surface area contributed by atoms with Crippen LogP contribution in [0.5, 0.6) is 0 Å². The zero-order valence-corrected chi connectivity index (χ0v) is 12.1. The number of nitrogens with one attached hydrogen (secondary N) is 1. The van der Waals surface area contributed by atoms with E-state index >= 15 is 0 Å². The molecule has 0 saturated heterocycles. The molecule has 0 atom stereocenters. The summed E-state index contributed by atoms with van der Waals surface area (Å²) >= 11 is 0. The van der Waals surface area contributed by atoms with Crippen molar-refractivity contribution in [1.82, 2.24) is 14.6 Å². The van der Waals surface area contributed by atoms with Crippen molar-refractivity contribution in [3.63, 3.8) is 0 Å². The Labute approximate surface area is 121 Å². The molecule has 116 valence electrons. The molecule has 0 aliphatic carbocycles. The number of nitrogens with zero attached hydrogens (tertiary/aromatic N) is 3. The fraction of sp³-hybridized carbons (Fsp3) is 0.571. The van der Waals surface area contributed by atoms with E-state index in [2.05, 4.69) is 29.2 Å². The quantitative estimate of drug-likeness (QED) is 0.820. The number of aromatic nitrogens is 3. The summed E-state index contributed by atoms with van der Waals surface area (Å²) < 4.78 is 39.2. The summed E-state index contributed by atoms with van der Waals surface area (Å²) in [5.41, 5.74) is -0.563. The standard InChI is InChI=1S/C14H19F3N4/c1-10(2)5-3-4-6-18-13-11-9-12(14(15,16)17)20-21(11)8-7-19-13/h7-10H,3-6H2,1-2H3,(H,18,19). The van der Waals surface area contributed by atoms with Crippen LogP contribution in [0, 0.1) is 5.92 Å². The monoisotopic (exact) mass is 300 g/mol. The summed E-state index contributed by atoms with van der Waals surface area (Å²) in [5.74, 6) is 1.10. The maximum Gasteiger partial charge on any atom is 0.435 e. The third kappa shape index (κ3) is 4.09. The van der Waals surface area contributed by atoms with Gasteiger partial charge in [0.1, 0.15) is 5.52 Å². The predicted octanol–water partition coefficient (Wildman–Crippen LogP) is 3.99. The van der Waals surface area contributed by atoms with E-state index < -0.39 is 11.9 Å². The highest BCUT2D eigenvalue weighted by atomic mass is 19.4. The average Bonchev–Trinajstić information content (AvgIpc) is 2.82. The second-order valence-corrected chi connectivity index (χ2v) is 5.45. The fourth-order valence-electron chi connectivity index (χ4n) is 2.08. The Bertz CT molecular complexity index is 589. The van der Waals surface area contributed by atoms with E-state index in [1.165, 1.54) is 16.9 Å². The molecule has 2 aromatic heterocycles. The van der Waals surface area contributed by atoms with Crippen LogP contribution in [0.4, 0.5) is 19.0 Å². The first-order valence-electron chi connectivity index (χ1n) is 7.03. The number of fused-ring (bicyclic) bond motifs is 1. The first kappa shape index (κ1) is 15.6. The summed E-state index contributed by atoms with van der Waals surface area (Å²) in [7, 11) is 0. The smallest absolute Gasteiger partial charge is 0.368 e. The van der Waals surface area contributed by atoms with Crippen molar-refractivity contribution in [2.24, 2.45) is 5.92 Å². The first-order valence-corrected chi connectivity index (χ1v) is 7.03. The molecular formula is C14H19F3N4. The Hall–Kier alpha value is -1.79. The number of hydrogen-bond acceptors (Lipinski definition) is 3. The van der Waals surface area contributed by atoms with Gasteiger partial charge < -0.3 is 5.32 Å². The molecule has 2 rings (SSSR count). The highest BCUT2D eigenvalue weighted by molar-refractivity contribution is 5.67. The maximum absolute atomic E-state index is 12.7. The van der Waals surface area contributed by atoms with Crippen molar-refractivity contribution in [3.05, 3.63) is 24.2 Å². The number of rotatable bonds is 6. The van der Waals surface area contributed by atoms with E-state index in [1.807, 2.05) is 0 Å². The molecule has 0 aromatic carbocycles. The predicted molar refractivity (Wildman–Crippen MR) is 75.2 cm³/mol. The molecule has 0 aliphatic rings. The first-order chi connectivity index (χ1) is 9.88. The molecule has 0 unspecified atom stereocenters. The molecule has 7 heteroatoms. The topological polar surface area (TPSA) is 42.2 Å². The normalized spacial score (nSPS) is 12.3. The Morgan fingerprint density at radius 2 is 2.05 bits per heavy atom. The molecular weight excluding hydrogens is 281 g/mol. The van der Waals surface area contributed by atoms with Gasteiger partial charge in [-0.1, -0.05) is 26.7 Å². The van der Waals surface area contributed by atoms with Crippen molar-refractivity contribution in [2.45, 2.75) is 39.3 Å². The summed E-state index contributed by atoms with van der Waals surface area (Å²) in [5, 5.41) is 6.61. The molecule has 0 amide bonds. The molecule has 1 N–H and O–H groups in total. The molecule has 0 aliphatic heterocycles. The van der Waals surface area contributed by atoms with Crippen LogP contribution in [0.2, 0.25) is 0 Å². The molecule has 2 heterocycles. The highest BCUT2D eigenvalue weighted by Gasteiger charge is 2.34. The SMILES string of the molecule is CC(C)CCCCNc1nccn2nc(C(F)(F)F)cc12. The van der Waals surface area contributed by atoms with Gasteiger partial charge in [-0.3, -0.25) is 0 Å². The summed E-state index contributed by atoms with van der Waals surface area (Å²) in [6.45, 7) is 5.02. The minimum Gasteiger partial charge on any atom is -0.368 e. The van der Waals surface area contributed by atoms with E-state index in [-0.39, 0.29) is 0 Å². The van der Waals surface area contributed by atoms with E-state index in [0.717, 1.165) is 25.3 Å². The number of hydrogen-bond donors (Lipinski definition) is 1. The Balaban J connectivity index is 2.04. The van der Waals surface area contributed by atoms with E-state index in [9.17, 15) is 13.2 Å². The number of halogens is 3. The molecule has 21 heavy (non-hydrogen) atoms. The van der Waals surface area contributed by atoms with Crippen LogP contribution in [0.3, 0.4) is 0 Å². The summed E-state index contributed by atoms with van der Waals surface area (Å²) in [6, 6.07) is 1.02. The summed E-state index contributed by atoms with van der Waals surface area (Å²) in [6.07, 6.45) is 1.60. The van der Waals surface area contributed by atoms with Crippen LogP contribution in [0.1, 0.15) is 38.8 Å². The highest BCUT2D eigenvalue weighted by Crippen LogP contribution is 2.30. The molecule has 0 saturated carbocycles. The molecule has 2 aromatic rings. The lowest BCUT2D eigenvalue weighted by atomic mass is 10.1. The zero-order valence-electron chi connectivity index (χ0n) is 12.1. The second-order valence-electron chi connectivity index (χ2n) is 5.45. The van der Waals surface area contributed by atoms with Crippen molar-refractivity contribution in [2.75, 3.05) is 11.9 Å². The molecule has 0 radical (unpaired) electrons. The van der Waals surface area contributed by atoms with Gasteiger partial charge in [-0.05, 0) is 12.3 Å². The van der Waals surface area contributed by atoms with Crippen LogP contribution in [-0.2, 0) is 6.18 Å². The van der Waals surface area contributed by atoms with E-state index in [0.29, 0.717) is 23.8 Å². The van der Waals surface area contributed by atoms with Crippen molar-refractivity contribution in [3.8, 4) is 0 Å². The fourth-order valence-corrected chi connectivity index (χ4v) is 2.08. The van der Waals surface area contributed by atoms with Gasteiger partial charge in [-0.15, -0.1) is 0 Å². The third-order valence-electron chi connectivity index (χ3n) is 3.18. The minimum atomic E-state index is -4.44. The van der Waals surface area contributed by atoms with Gasteiger partial charge in [0.15, 0.2) is 11.5 Å². The van der Waals surface area contributed by atoms with Crippen LogP contribution >= 0.6 is 0 Å². The second kappa shape index (κ2) is 6.32. The molecule has 0 fully saturated rings. The third-order valence-corrected chi connectivity index (χ3v) is 3.18. The van der Waals surface area contributed by atoms with Crippen LogP contribution in [0.15, 0.2) is 18.5 Å². The van der Waals surface area contributed by atoms with Crippen LogP contribution in [-0.4, -0.2) is 21.1 Å². The largest absolute Gasteiger partial charge is 0.435 e. The van der Waals surface area contributed by atoms with Crippen molar-refractivity contribution in [1.29, 1.82) is 0 Å². The lowest BCUT2D eigenvalue weighted by Crippen LogP contribution is -2.06. The average molecular weight is 300 g/mol. The molecule has 4 nitrogen and oxygen atoms in total. The van der Waals surface area contributed by atoms with E-state index in [1.54, 1.807) is 0 Å². The Morgan fingerprint density at radius 3 is 2.71 bits per heavy atom. The van der Waals surface area contributed by atoms with Crippen LogP contribution in [0.25, 0.3) is 5.52 Å². The van der Waals surface area contributed by atoms with Gasteiger partial charge in [0.25, 0.3) is 0 Å².